The molecule has 1 N–H and O–H groups in total. The average Bonchev–Trinajstić information content (AvgIpc) is 2.89. The molecule has 4 heteroatoms. The van der Waals surface area contributed by atoms with Gasteiger partial charge < -0.3 is 14.7 Å². The highest BCUT2D eigenvalue weighted by Gasteiger charge is 2.22. The van der Waals surface area contributed by atoms with Crippen LogP contribution in [-0.4, -0.2) is 62.0 Å². The molecule has 2 heterocycles. The van der Waals surface area contributed by atoms with Crippen molar-refractivity contribution < 1.29 is 9.84 Å². The van der Waals surface area contributed by atoms with Crippen molar-refractivity contribution in [1.82, 2.24) is 4.90 Å². The van der Waals surface area contributed by atoms with Gasteiger partial charge in [0.1, 0.15) is 0 Å². The van der Waals surface area contributed by atoms with Gasteiger partial charge in [-0.15, -0.1) is 0 Å². The molecule has 1 aromatic rings. The van der Waals surface area contributed by atoms with Crippen molar-refractivity contribution in [3.63, 3.8) is 0 Å². The third kappa shape index (κ3) is 2.91. The van der Waals surface area contributed by atoms with Crippen LogP contribution in [0.5, 0.6) is 0 Å². The summed E-state index contributed by atoms with van der Waals surface area (Å²) in [6.45, 7) is 5.94. The maximum absolute atomic E-state index is 9.16. The molecule has 4 nitrogen and oxygen atoms in total. The molecule has 19 heavy (non-hydrogen) atoms. The van der Waals surface area contributed by atoms with Gasteiger partial charge in [0, 0.05) is 38.4 Å². The lowest BCUT2D eigenvalue weighted by molar-refractivity contribution is -0.0518. The first-order valence-electron chi connectivity index (χ1n) is 7.14. The van der Waals surface area contributed by atoms with E-state index in [1.807, 2.05) is 0 Å². The van der Waals surface area contributed by atoms with Gasteiger partial charge in [0.25, 0.3) is 0 Å². The second kappa shape index (κ2) is 5.90. The second-order valence-electron chi connectivity index (χ2n) is 5.34. The van der Waals surface area contributed by atoms with Gasteiger partial charge in [-0.05, 0) is 18.1 Å². The van der Waals surface area contributed by atoms with E-state index in [4.69, 9.17) is 9.84 Å². The summed E-state index contributed by atoms with van der Waals surface area (Å²) in [5, 5.41) is 9.16. The fourth-order valence-corrected chi connectivity index (χ4v) is 2.99. The molecule has 2 aliphatic heterocycles. The zero-order chi connectivity index (χ0) is 13.1. The third-order valence-electron chi connectivity index (χ3n) is 4.10. The second-order valence-corrected chi connectivity index (χ2v) is 5.34. The molecule has 104 valence electrons. The monoisotopic (exact) mass is 262 g/mol. The maximum Gasteiger partial charge on any atom is 0.0932 e. The molecule has 1 fully saturated rings. The van der Waals surface area contributed by atoms with Gasteiger partial charge >= 0.3 is 0 Å². The zero-order valence-corrected chi connectivity index (χ0v) is 11.3. The Bertz CT molecular complexity index is 424. The number of aliphatic hydroxyl groups is 1. The van der Waals surface area contributed by atoms with Crippen molar-refractivity contribution in [2.75, 3.05) is 50.8 Å². The van der Waals surface area contributed by atoms with E-state index < -0.39 is 0 Å². The Hall–Kier alpha value is -1.10. The van der Waals surface area contributed by atoms with E-state index in [2.05, 4.69) is 34.1 Å². The van der Waals surface area contributed by atoms with E-state index in [-0.39, 0.29) is 12.7 Å². The Balaban J connectivity index is 1.53. The van der Waals surface area contributed by atoms with Crippen LogP contribution in [0.2, 0.25) is 0 Å². The lowest BCUT2D eigenvalue weighted by atomic mass is 10.2. The Labute approximate surface area is 114 Å². The standard InChI is InChI=1S/C15H22N2O2/c18-12-14-11-16(9-10-19-14)7-8-17-6-5-13-3-1-2-4-15(13)17/h1-4,14,18H,5-12H2. The number of para-hydroxylation sites is 1. The summed E-state index contributed by atoms with van der Waals surface area (Å²) >= 11 is 0. The summed E-state index contributed by atoms with van der Waals surface area (Å²) in [5.74, 6) is 0. The number of fused-ring (bicyclic) bond motifs is 1. The molecule has 0 saturated carbocycles. The van der Waals surface area contributed by atoms with Crippen LogP contribution in [0.25, 0.3) is 0 Å². The molecule has 0 aromatic heterocycles. The number of hydrogen-bond acceptors (Lipinski definition) is 4. The van der Waals surface area contributed by atoms with Crippen LogP contribution in [0.15, 0.2) is 24.3 Å². The number of ether oxygens (including phenoxy) is 1. The van der Waals surface area contributed by atoms with Gasteiger partial charge in [-0.3, -0.25) is 4.90 Å². The third-order valence-corrected chi connectivity index (χ3v) is 4.10. The van der Waals surface area contributed by atoms with E-state index >= 15 is 0 Å². The summed E-state index contributed by atoms with van der Waals surface area (Å²) < 4.78 is 5.48. The summed E-state index contributed by atoms with van der Waals surface area (Å²) in [6, 6.07) is 8.69. The number of benzene rings is 1. The Morgan fingerprint density at radius 1 is 1.21 bits per heavy atom. The van der Waals surface area contributed by atoms with Gasteiger partial charge in [-0.25, -0.2) is 0 Å². The minimum Gasteiger partial charge on any atom is -0.394 e. The summed E-state index contributed by atoms with van der Waals surface area (Å²) in [5.41, 5.74) is 2.87. The van der Waals surface area contributed by atoms with Crippen molar-refractivity contribution in [2.45, 2.75) is 12.5 Å². The Kier molecular flexibility index (Phi) is 4.01. The predicted octanol–water partition coefficient (Wildman–Crippen LogP) is 0.742. The smallest absolute Gasteiger partial charge is 0.0932 e. The molecule has 1 unspecified atom stereocenters. The first-order valence-corrected chi connectivity index (χ1v) is 7.14. The number of anilines is 1. The highest BCUT2D eigenvalue weighted by atomic mass is 16.5. The molecule has 1 atom stereocenters. The largest absolute Gasteiger partial charge is 0.394 e. The average molecular weight is 262 g/mol. The quantitative estimate of drug-likeness (QED) is 0.868. The molecular weight excluding hydrogens is 240 g/mol. The van der Waals surface area contributed by atoms with Crippen molar-refractivity contribution in [3.05, 3.63) is 29.8 Å². The number of nitrogens with zero attached hydrogens (tertiary/aromatic N) is 2. The van der Waals surface area contributed by atoms with Gasteiger partial charge in [-0.2, -0.15) is 0 Å². The van der Waals surface area contributed by atoms with Gasteiger partial charge in [-0.1, -0.05) is 18.2 Å². The van der Waals surface area contributed by atoms with Crippen LogP contribution in [0, 0.1) is 0 Å². The summed E-state index contributed by atoms with van der Waals surface area (Å²) in [4.78, 5) is 4.87. The number of aliphatic hydroxyl groups excluding tert-OH is 1. The minimum absolute atomic E-state index is 0.000357. The Morgan fingerprint density at radius 2 is 2.11 bits per heavy atom. The lowest BCUT2D eigenvalue weighted by Crippen LogP contribution is -2.46. The molecule has 0 spiro atoms. The number of hydrogen-bond donors (Lipinski definition) is 1. The van der Waals surface area contributed by atoms with Crippen molar-refractivity contribution >= 4 is 5.69 Å². The molecule has 2 aliphatic rings. The fourth-order valence-electron chi connectivity index (χ4n) is 2.99. The van der Waals surface area contributed by atoms with E-state index in [0.717, 1.165) is 39.3 Å². The molecule has 1 aromatic carbocycles. The molecule has 0 amide bonds. The highest BCUT2D eigenvalue weighted by molar-refractivity contribution is 5.57. The van der Waals surface area contributed by atoms with Crippen LogP contribution in [-0.2, 0) is 11.2 Å². The Morgan fingerprint density at radius 3 is 3.00 bits per heavy atom. The van der Waals surface area contributed by atoms with Gasteiger partial charge in [0.2, 0.25) is 0 Å². The summed E-state index contributed by atoms with van der Waals surface area (Å²) in [6.07, 6.45) is 1.16. The van der Waals surface area contributed by atoms with Crippen LogP contribution in [0.3, 0.4) is 0 Å². The van der Waals surface area contributed by atoms with Gasteiger partial charge in [0.05, 0.1) is 19.3 Å². The van der Waals surface area contributed by atoms with E-state index in [1.165, 1.54) is 17.7 Å². The van der Waals surface area contributed by atoms with Crippen LogP contribution in [0.4, 0.5) is 5.69 Å². The van der Waals surface area contributed by atoms with Crippen molar-refractivity contribution in [3.8, 4) is 0 Å². The first-order chi connectivity index (χ1) is 9.36. The topological polar surface area (TPSA) is 35.9 Å². The molecule has 3 rings (SSSR count). The first kappa shape index (κ1) is 12.9. The molecule has 1 saturated heterocycles. The van der Waals surface area contributed by atoms with E-state index in [9.17, 15) is 0 Å². The molecule has 0 bridgehead atoms. The number of rotatable bonds is 4. The SMILES string of the molecule is OCC1CN(CCN2CCc3ccccc32)CCO1. The van der Waals surface area contributed by atoms with Crippen LogP contribution >= 0.6 is 0 Å². The van der Waals surface area contributed by atoms with Crippen LogP contribution < -0.4 is 4.90 Å². The van der Waals surface area contributed by atoms with Gasteiger partial charge in [0.15, 0.2) is 0 Å². The van der Waals surface area contributed by atoms with E-state index in [1.54, 1.807) is 0 Å². The zero-order valence-electron chi connectivity index (χ0n) is 11.3. The molecular formula is C15H22N2O2. The van der Waals surface area contributed by atoms with E-state index in [0.29, 0.717) is 0 Å². The molecule has 0 aliphatic carbocycles. The van der Waals surface area contributed by atoms with Crippen LogP contribution in [0.1, 0.15) is 5.56 Å². The maximum atomic E-state index is 9.16. The lowest BCUT2D eigenvalue weighted by Gasteiger charge is -2.33. The highest BCUT2D eigenvalue weighted by Crippen LogP contribution is 2.26. The molecule has 0 radical (unpaired) electrons. The predicted molar refractivity (Wildman–Crippen MR) is 75.6 cm³/mol. The minimum atomic E-state index is -0.000357. The van der Waals surface area contributed by atoms with Crippen molar-refractivity contribution in [1.29, 1.82) is 0 Å². The fraction of sp³-hybridized carbons (Fsp3) is 0.600. The summed E-state index contributed by atoms with van der Waals surface area (Å²) in [7, 11) is 0. The number of morpholine rings is 1. The normalized spacial score (nSPS) is 23.6. The van der Waals surface area contributed by atoms with Crippen molar-refractivity contribution in [2.24, 2.45) is 0 Å².